The maximum atomic E-state index is 5.28. The van der Waals surface area contributed by atoms with Crippen molar-refractivity contribution in [3.63, 3.8) is 0 Å². The molecule has 0 bridgehead atoms. The van der Waals surface area contributed by atoms with Crippen molar-refractivity contribution >= 4 is 22.5 Å². The lowest BCUT2D eigenvalue weighted by molar-refractivity contribution is 0.415. The SMILES string of the molecule is COc1cccc(Nc2nc(-c3cccnc3)nc3c2cnn3C)c1. The Morgan fingerprint density at radius 1 is 1.08 bits per heavy atom. The van der Waals surface area contributed by atoms with Gasteiger partial charge in [-0.3, -0.25) is 9.67 Å². The first-order valence-electron chi connectivity index (χ1n) is 7.76. The van der Waals surface area contributed by atoms with Crippen LogP contribution >= 0.6 is 0 Å². The van der Waals surface area contributed by atoms with Crippen molar-refractivity contribution in [2.75, 3.05) is 12.4 Å². The lowest BCUT2D eigenvalue weighted by Gasteiger charge is -2.10. The summed E-state index contributed by atoms with van der Waals surface area (Å²) in [7, 11) is 3.50. The summed E-state index contributed by atoms with van der Waals surface area (Å²) in [4.78, 5) is 13.5. The number of aromatic nitrogens is 5. The average Bonchev–Trinajstić information content (AvgIpc) is 3.04. The monoisotopic (exact) mass is 332 g/mol. The van der Waals surface area contributed by atoms with Gasteiger partial charge in [0.25, 0.3) is 0 Å². The fourth-order valence-corrected chi connectivity index (χ4v) is 2.58. The minimum absolute atomic E-state index is 0.592. The molecule has 0 unspecified atom stereocenters. The standard InChI is InChI=1S/C18H16N6O/c1-24-18-15(11-20-24)17(21-13-6-3-7-14(9-13)25-2)22-16(23-18)12-5-4-8-19-10-12/h3-11H,1-2H3,(H,21,22,23). The molecular formula is C18H16N6O. The molecule has 1 N–H and O–H groups in total. The lowest BCUT2D eigenvalue weighted by atomic mass is 10.2. The molecule has 7 heteroatoms. The highest BCUT2D eigenvalue weighted by atomic mass is 16.5. The summed E-state index contributed by atoms with van der Waals surface area (Å²) in [6, 6.07) is 11.5. The normalized spacial score (nSPS) is 10.8. The van der Waals surface area contributed by atoms with Crippen LogP contribution in [0.1, 0.15) is 0 Å². The van der Waals surface area contributed by atoms with Gasteiger partial charge in [0.2, 0.25) is 0 Å². The van der Waals surface area contributed by atoms with E-state index in [9.17, 15) is 0 Å². The molecule has 0 spiro atoms. The molecule has 25 heavy (non-hydrogen) atoms. The predicted molar refractivity (Wildman–Crippen MR) is 95.8 cm³/mol. The van der Waals surface area contributed by atoms with E-state index < -0.39 is 0 Å². The molecule has 0 aliphatic carbocycles. The Kier molecular flexibility index (Phi) is 3.74. The number of hydrogen-bond acceptors (Lipinski definition) is 6. The van der Waals surface area contributed by atoms with Crippen LogP contribution in [0.5, 0.6) is 5.75 Å². The molecule has 4 aromatic rings. The minimum atomic E-state index is 0.592. The van der Waals surface area contributed by atoms with Crippen LogP contribution in [0, 0.1) is 0 Å². The van der Waals surface area contributed by atoms with Crippen molar-refractivity contribution in [3.05, 3.63) is 55.0 Å². The van der Waals surface area contributed by atoms with Crippen LogP contribution in [0.3, 0.4) is 0 Å². The molecule has 0 amide bonds. The molecule has 0 saturated heterocycles. The van der Waals surface area contributed by atoms with Crippen LogP contribution in [-0.4, -0.2) is 31.8 Å². The first-order valence-corrected chi connectivity index (χ1v) is 7.76. The van der Waals surface area contributed by atoms with Crippen LogP contribution in [-0.2, 0) is 7.05 Å². The van der Waals surface area contributed by atoms with E-state index in [1.807, 2.05) is 43.4 Å². The number of anilines is 2. The lowest BCUT2D eigenvalue weighted by Crippen LogP contribution is -2.01. The second-order valence-electron chi connectivity index (χ2n) is 5.50. The summed E-state index contributed by atoms with van der Waals surface area (Å²) in [5, 5.41) is 8.49. The molecule has 7 nitrogen and oxygen atoms in total. The summed E-state index contributed by atoms with van der Waals surface area (Å²) in [5.41, 5.74) is 2.47. The molecule has 0 saturated carbocycles. The summed E-state index contributed by atoms with van der Waals surface area (Å²) in [6.07, 6.45) is 5.22. The van der Waals surface area contributed by atoms with Crippen LogP contribution in [0.4, 0.5) is 11.5 Å². The van der Waals surface area contributed by atoms with Gasteiger partial charge in [-0.1, -0.05) is 6.07 Å². The van der Waals surface area contributed by atoms with Crippen LogP contribution in [0.15, 0.2) is 55.0 Å². The number of hydrogen-bond donors (Lipinski definition) is 1. The van der Waals surface area contributed by atoms with Crippen LogP contribution in [0.25, 0.3) is 22.4 Å². The number of ether oxygens (including phenoxy) is 1. The highest BCUT2D eigenvalue weighted by Gasteiger charge is 2.13. The second-order valence-corrected chi connectivity index (χ2v) is 5.50. The summed E-state index contributed by atoms with van der Waals surface area (Å²) >= 11 is 0. The van der Waals surface area contributed by atoms with Gasteiger partial charge in [-0.15, -0.1) is 0 Å². The Labute approximate surface area is 144 Å². The number of aryl methyl sites for hydroxylation is 1. The van der Waals surface area contributed by atoms with E-state index in [2.05, 4.69) is 25.4 Å². The smallest absolute Gasteiger partial charge is 0.165 e. The molecule has 0 aliphatic heterocycles. The Balaban J connectivity index is 1.84. The Morgan fingerprint density at radius 3 is 2.80 bits per heavy atom. The highest BCUT2D eigenvalue weighted by molar-refractivity contribution is 5.90. The Morgan fingerprint density at radius 2 is 2.00 bits per heavy atom. The van der Waals surface area contributed by atoms with Crippen molar-refractivity contribution in [1.82, 2.24) is 24.7 Å². The van der Waals surface area contributed by atoms with Gasteiger partial charge in [0, 0.05) is 36.8 Å². The number of methoxy groups -OCH3 is 1. The Bertz CT molecular complexity index is 1030. The van der Waals surface area contributed by atoms with Crippen LogP contribution < -0.4 is 10.1 Å². The predicted octanol–water partition coefficient (Wildman–Crippen LogP) is 3.18. The van der Waals surface area contributed by atoms with E-state index in [0.717, 1.165) is 28.0 Å². The molecule has 4 rings (SSSR count). The second kappa shape index (κ2) is 6.20. The summed E-state index contributed by atoms with van der Waals surface area (Å²) in [5.74, 6) is 2.05. The van der Waals surface area contributed by atoms with Crippen molar-refractivity contribution in [1.29, 1.82) is 0 Å². The molecule has 3 heterocycles. The highest BCUT2D eigenvalue weighted by Crippen LogP contribution is 2.28. The van der Waals surface area contributed by atoms with Gasteiger partial charge in [0.1, 0.15) is 11.6 Å². The summed E-state index contributed by atoms with van der Waals surface area (Å²) < 4.78 is 7.01. The quantitative estimate of drug-likeness (QED) is 0.618. The van der Waals surface area contributed by atoms with E-state index in [1.54, 1.807) is 30.4 Å². The van der Waals surface area contributed by atoms with E-state index in [1.165, 1.54) is 0 Å². The van der Waals surface area contributed by atoms with Crippen molar-refractivity contribution in [2.24, 2.45) is 7.05 Å². The number of nitrogens with one attached hydrogen (secondary N) is 1. The fourth-order valence-electron chi connectivity index (χ4n) is 2.58. The van der Waals surface area contributed by atoms with E-state index in [0.29, 0.717) is 11.6 Å². The number of fused-ring (bicyclic) bond motifs is 1. The van der Waals surface area contributed by atoms with Crippen molar-refractivity contribution in [2.45, 2.75) is 0 Å². The molecule has 0 fully saturated rings. The molecular weight excluding hydrogens is 316 g/mol. The molecule has 1 aromatic carbocycles. The largest absolute Gasteiger partial charge is 0.497 e. The van der Waals surface area contributed by atoms with Crippen LogP contribution in [0.2, 0.25) is 0 Å². The zero-order valence-electron chi connectivity index (χ0n) is 13.8. The van der Waals surface area contributed by atoms with E-state index >= 15 is 0 Å². The average molecular weight is 332 g/mol. The fraction of sp³-hybridized carbons (Fsp3) is 0.111. The third kappa shape index (κ3) is 2.87. The van der Waals surface area contributed by atoms with Gasteiger partial charge in [0.05, 0.1) is 18.7 Å². The van der Waals surface area contributed by atoms with Crippen molar-refractivity contribution < 1.29 is 4.74 Å². The number of nitrogens with zero attached hydrogens (tertiary/aromatic N) is 5. The molecule has 0 radical (unpaired) electrons. The third-order valence-electron chi connectivity index (χ3n) is 3.84. The van der Waals surface area contributed by atoms with Gasteiger partial charge in [-0.25, -0.2) is 9.97 Å². The first-order chi connectivity index (χ1) is 12.2. The third-order valence-corrected chi connectivity index (χ3v) is 3.84. The van der Waals surface area contributed by atoms with Gasteiger partial charge in [-0.05, 0) is 24.3 Å². The van der Waals surface area contributed by atoms with Gasteiger partial charge < -0.3 is 10.1 Å². The summed E-state index contributed by atoms with van der Waals surface area (Å²) in [6.45, 7) is 0. The maximum absolute atomic E-state index is 5.28. The van der Waals surface area contributed by atoms with E-state index in [4.69, 9.17) is 4.74 Å². The molecule has 0 aliphatic rings. The number of benzene rings is 1. The molecule has 3 aromatic heterocycles. The minimum Gasteiger partial charge on any atom is -0.497 e. The maximum Gasteiger partial charge on any atom is 0.165 e. The van der Waals surface area contributed by atoms with Crippen molar-refractivity contribution in [3.8, 4) is 17.1 Å². The zero-order chi connectivity index (χ0) is 17.2. The Hall–Kier alpha value is -3.48. The topological polar surface area (TPSA) is 77.8 Å². The first kappa shape index (κ1) is 15.1. The molecule has 0 atom stereocenters. The van der Waals surface area contributed by atoms with E-state index in [-0.39, 0.29) is 0 Å². The zero-order valence-corrected chi connectivity index (χ0v) is 13.8. The molecule has 124 valence electrons. The van der Waals surface area contributed by atoms with Gasteiger partial charge >= 0.3 is 0 Å². The number of rotatable bonds is 4. The van der Waals surface area contributed by atoms with Gasteiger partial charge in [0.15, 0.2) is 11.5 Å². The van der Waals surface area contributed by atoms with Gasteiger partial charge in [-0.2, -0.15) is 5.10 Å². The number of pyridine rings is 1.